The molecular formula is C19H28ClN3O2. The molecule has 0 atom stereocenters. The molecule has 0 unspecified atom stereocenters. The molecule has 0 bridgehead atoms. The van der Waals surface area contributed by atoms with E-state index in [-0.39, 0.29) is 11.8 Å². The Morgan fingerprint density at radius 3 is 2.60 bits per heavy atom. The summed E-state index contributed by atoms with van der Waals surface area (Å²) >= 11 is 5.95. The van der Waals surface area contributed by atoms with E-state index in [9.17, 15) is 9.59 Å². The van der Waals surface area contributed by atoms with Crippen molar-refractivity contribution in [1.29, 1.82) is 0 Å². The minimum atomic E-state index is 0.00521. The largest absolute Gasteiger partial charge is 0.356 e. The second kappa shape index (κ2) is 10.4. The molecular weight excluding hydrogens is 338 g/mol. The van der Waals surface area contributed by atoms with Gasteiger partial charge in [0.15, 0.2) is 0 Å². The van der Waals surface area contributed by atoms with Crippen LogP contribution in [0.25, 0.3) is 0 Å². The monoisotopic (exact) mass is 365 g/mol. The number of benzene rings is 1. The highest BCUT2D eigenvalue weighted by atomic mass is 35.5. The molecule has 0 saturated carbocycles. The Hall–Kier alpha value is -1.59. The van der Waals surface area contributed by atoms with Crippen LogP contribution in [0.2, 0.25) is 5.02 Å². The second-order valence-electron chi connectivity index (χ2n) is 6.40. The highest BCUT2D eigenvalue weighted by Crippen LogP contribution is 2.12. The third-order valence-corrected chi connectivity index (χ3v) is 4.83. The summed E-state index contributed by atoms with van der Waals surface area (Å²) in [4.78, 5) is 28.3. The van der Waals surface area contributed by atoms with Gasteiger partial charge in [0.1, 0.15) is 0 Å². The average Bonchev–Trinajstić information content (AvgIpc) is 2.62. The first-order valence-corrected chi connectivity index (χ1v) is 9.47. The van der Waals surface area contributed by atoms with Gasteiger partial charge in [-0.15, -0.1) is 0 Å². The van der Waals surface area contributed by atoms with E-state index in [1.54, 1.807) is 0 Å². The minimum absolute atomic E-state index is 0.00521. The number of amides is 2. The molecule has 1 aromatic carbocycles. The standard InChI is InChI=1S/C19H28ClN3O2/c1-2-22-11-13-23(14-12-22)19(25)9-10-21-18(24)8-4-6-16-5-3-7-17(20)15-16/h3,5,7,15H,2,4,6,8-14H2,1H3,(H,21,24). The van der Waals surface area contributed by atoms with Crippen LogP contribution in [0.5, 0.6) is 0 Å². The summed E-state index contributed by atoms with van der Waals surface area (Å²) in [6, 6.07) is 7.71. The highest BCUT2D eigenvalue weighted by Gasteiger charge is 2.19. The number of hydrogen-bond donors (Lipinski definition) is 1. The fourth-order valence-corrected chi connectivity index (χ4v) is 3.23. The van der Waals surface area contributed by atoms with Crippen LogP contribution < -0.4 is 5.32 Å². The van der Waals surface area contributed by atoms with E-state index in [1.807, 2.05) is 29.2 Å². The average molecular weight is 366 g/mol. The van der Waals surface area contributed by atoms with Crippen LogP contribution in [-0.4, -0.2) is 60.9 Å². The van der Waals surface area contributed by atoms with Gasteiger partial charge in [0, 0.05) is 50.6 Å². The van der Waals surface area contributed by atoms with Crippen LogP contribution >= 0.6 is 11.6 Å². The predicted octanol–water partition coefficient (Wildman–Crippen LogP) is 2.33. The van der Waals surface area contributed by atoms with Crippen LogP contribution in [0.4, 0.5) is 0 Å². The van der Waals surface area contributed by atoms with Crippen LogP contribution in [0.1, 0.15) is 31.7 Å². The smallest absolute Gasteiger partial charge is 0.224 e. The fourth-order valence-electron chi connectivity index (χ4n) is 3.01. The van der Waals surface area contributed by atoms with Crippen molar-refractivity contribution in [2.24, 2.45) is 0 Å². The molecule has 1 aromatic rings. The first kappa shape index (κ1) is 19.7. The van der Waals surface area contributed by atoms with Crippen LogP contribution in [-0.2, 0) is 16.0 Å². The molecule has 1 fully saturated rings. The van der Waals surface area contributed by atoms with Crippen molar-refractivity contribution in [2.75, 3.05) is 39.3 Å². The van der Waals surface area contributed by atoms with Crippen LogP contribution in [0.3, 0.4) is 0 Å². The Labute approximate surface area is 155 Å². The third kappa shape index (κ3) is 7.04. The van der Waals surface area contributed by atoms with Gasteiger partial charge in [-0.25, -0.2) is 0 Å². The number of carbonyl (C=O) groups excluding carboxylic acids is 2. The lowest BCUT2D eigenvalue weighted by Gasteiger charge is -2.34. The van der Waals surface area contributed by atoms with E-state index in [0.29, 0.717) is 19.4 Å². The van der Waals surface area contributed by atoms with E-state index >= 15 is 0 Å². The zero-order valence-electron chi connectivity index (χ0n) is 15.0. The number of piperazine rings is 1. The highest BCUT2D eigenvalue weighted by molar-refractivity contribution is 6.30. The van der Waals surface area contributed by atoms with Crippen molar-refractivity contribution < 1.29 is 9.59 Å². The van der Waals surface area contributed by atoms with Gasteiger partial charge in [-0.2, -0.15) is 0 Å². The number of aryl methyl sites for hydroxylation is 1. The number of likely N-dealkylation sites (N-methyl/N-ethyl adjacent to an activating group) is 1. The first-order chi connectivity index (χ1) is 12.1. The van der Waals surface area contributed by atoms with E-state index < -0.39 is 0 Å². The molecule has 138 valence electrons. The number of hydrogen-bond acceptors (Lipinski definition) is 3. The van der Waals surface area contributed by atoms with Gasteiger partial charge in [-0.1, -0.05) is 30.7 Å². The van der Waals surface area contributed by atoms with Gasteiger partial charge in [-0.05, 0) is 37.1 Å². The summed E-state index contributed by atoms with van der Waals surface area (Å²) in [5.74, 6) is 0.139. The number of halogens is 1. The summed E-state index contributed by atoms with van der Waals surface area (Å²) in [5.41, 5.74) is 1.14. The molecule has 0 radical (unpaired) electrons. The van der Waals surface area contributed by atoms with Crippen molar-refractivity contribution in [3.8, 4) is 0 Å². The molecule has 1 N–H and O–H groups in total. The molecule has 1 saturated heterocycles. The van der Waals surface area contributed by atoms with Gasteiger partial charge in [0.2, 0.25) is 11.8 Å². The molecule has 0 spiro atoms. The summed E-state index contributed by atoms with van der Waals surface area (Å²) < 4.78 is 0. The van der Waals surface area contributed by atoms with Gasteiger partial charge in [0.25, 0.3) is 0 Å². The molecule has 1 aliphatic heterocycles. The Morgan fingerprint density at radius 2 is 1.92 bits per heavy atom. The number of rotatable bonds is 8. The second-order valence-corrected chi connectivity index (χ2v) is 6.83. The van der Waals surface area contributed by atoms with E-state index in [1.165, 1.54) is 0 Å². The topological polar surface area (TPSA) is 52.6 Å². The molecule has 5 nitrogen and oxygen atoms in total. The lowest BCUT2D eigenvalue weighted by atomic mass is 10.1. The third-order valence-electron chi connectivity index (χ3n) is 4.59. The lowest BCUT2D eigenvalue weighted by molar-refractivity contribution is -0.132. The quantitative estimate of drug-likeness (QED) is 0.769. The zero-order valence-corrected chi connectivity index (χ0v) is 15.7. The molecule has 0 aromatic heterocycles. The van der Waals surface area contributed by atoms with E-state index in [0.717, 1.165) is 56.2 Å². The summed E-state index contributed by atoms with van der Waals surface area (Å²) in [6.45, 7) is 7.06. The maximum absolute atomic E-state index is 12.1. The molecule has 2 rings (SSSR count). The maximum Gasteiger partial charge on any atom is 0.224 e. The Bertz CT molecular complexity index is 572. The normalized spacial score (nSPS) is 15.2. The molecule has 25 heavy (non-hydrogen) atoms. The number of nitrogens with zero attached hydrogens (tertiary/aromatic N) is 2. The number of nitrogens with one attached hydrogen (secondary N) is 1. The molecule has 1 heterocycles. The van der Waals surface area contributed by atoms with Crippen molar-refractivity contribution in [3.63, 3.8) is 0 Å². The fraction of sp³-hybridized carbons (Fsp3) is 0.579. The van der Waals surface area contributed by atoms with Gasteiger partial charge in [-0.3, -0.25) is 9.59 Å². The van der Waals surface area contributed by atoms with E-state index in [4.69, 9.17) is 11.6 Å². The minimum Gasteiger partial charge on any atom is -0.356 e. The molecule has 0 aliphatic carbocycles. The SMILES string of the molecule is CCN1CCN(C(=O)CCNC(=O)CCCc2cccc(Cl)c2)CC1. The lowest BCUT2D eigenvalue weighted by Crippen LogP contribution is -2.49. The summed E-state index contributed by atoms with van der Waals surface area (Å²) in [5, 5.41) is 3.57. The Kier molecular flexibility index (Phi) is 8.22. The van der Waals surface area contributed by atoms with Crippen molar-refractivity contribution in [1.82, 2.24) is 15.1 Å². The zero-order chi connectivity index (χ0) is 18.1. The Balaban J connectivity index is 1.56. The van der Waals surface area contributed by atoms with Crippen molar-refractivity contribution in [3.05, 3.63) is 34.9 Å². The molecule has 6 heteroatoms. The summed E-state index contributed by atoms with van der Waals surface area (Å²) in [7, 11) is 0. The van der Waals surface area contributed by atoms with E-state index in [2.05, 4.69) is 17.1 Å². The first-order valence-electron chi connectivity index (χ1n) is 9.09. The number of carbonyl (C=O) groups is 2. The molecule has 1 aliphatic rings. The Morgan fingerprint density at radius 1 is 1.16 bits per heavy atom. The summed E-state index contributed by atoms with van der Waals surface area (Å²) in [6.07, 6.45) is 2.45. The van der Waals surface area contributed by atoms with Crippen LogP contribution in [0.15, 0.2) is 24.3 Å². The molecule has 2 amide bonds. The maximum atomic E-state index is 12.1. The van der Waals surface area contributed by atoms with Gasteiger partial charge >= 0.3 is 0 Å². The van der Waals surface area contributed by atoms with Crippen molar-refractivity contribution in [2.45, 2.75) is 32.6 Å². The van der Waals surface area contributed by atoms with Gasteiger partial charge < -0.3 is 15.1 Å². The van der Waals surface area contributed by atoms with Crippen LogP contribution in [0, 0.1) is 0 Å². The van der Waals surface area contributed by atoms with Gasteiger partial charge in [0.05, 0.1) is 0 Å². The van der Waals surface area contributed by atoms with Crippen molar-refractivity contribution >= 4 is 23.4 Å². The predicted molar refractivity (Wildman–Crippen MR) is 101 cm³/mol.